The molecule has 5 rings (SSSR count). The van der Waals surface area contributed by atoms with Gasteiger partial charge in [0.25, 0.3) is 5.56 Å². The maximum absolute atomic E-state index is 13.1. The number of hydrogen-bond donors (Lipinski definition) is 0. The van der Waals surface area contributed by atoms with Crippen molar-refractivity contribution in [3.8, 4) is 11.5 Å². The SMILES string of the molecule is Cn1c(=O)c2c(nc(N3CCCCC3)n2Cc2nnc(-c3ccc(Cl)c(Cl)c3)o2)n(C)c1=O. The Bertz CT molecular complexity index is 1480. The van der Waals surface area contributed by atoms with Gasteiger partial charge in [0.2, 0.25) is 17.7 Å². The molecule has 1 fully saturated rings. The smallest absolute Gasteiger partial charge is 0.332 e. The first-order valence-electron chi connectivity index (χ1n) is 10.5. The molecule has 1 aliphatic heterocycles. The molecule has 0 aliphatic carbocycles. The van der Waals surface area contributed by atoms with Gasteiger partial charge in [0.15, 0.2) is 11.2 Å². The van der Waals surface area contributed by atoms with Crippen molar-refractivity contribution in [2.45, 2.75) is 25.8 Å². The summed E-state index contributed by atoms with van der Waals surface area (Å²) in [5.74, 6) is 1.19. The lowest BCUT2D eigenvalue weighted by molar-refractivity contribution is 0.486. The van der Waals surface area contributed by atoms with E-state index < -0.39 is 11.2 Å². The van der Waals surface area contributed by atoms with Gasteiger partial charge < -0.3 is 9.32 Å². The quantitative estimate of drug-likeness (QED) is 0.433. The number of anilines is 1. The first kappa shape index (κ1) is 21.7. The summed E-state index contributed by atoms with van der Waals surface area (Å²) in [6.07, 6.45) is 3.21. The molecule has 0 spiro atoms. The number of rotatable bonds is 4. The molecule has 0 saturated carbocycles. The van der Waals surface area contributed by atoms with E-state index in [1.807, 2.05) is 0 Å². The fourth-order valence-electron chi connectivity index (χ4n) is 4.12. The molecule has 1 saturated heterocycles. The highest BCUT2D eigenvalue weighted by Crippen LogP contribution is 2.29. The third-order valence-electron chi connectivity index (χ3n) is 5.89. The van der Waals surface area contributed by atoms with Gasteiger partial charge in [0.1, 0.15) is 6.54 Å². The zero-order valence-electron chi connectivity index (χ0n) is 18.1. The van der Waals surface area contributed by atoms with Crippen LogP contribution in [0, 0.1) is 0 Å². The topological polar surface area (TPSA) is 104 Å². The fraction of sp³-hybridized carbons (Fsp3) is 0.381. The normalized spacial score (nSPS) is 14.4. The number of piperidine rings is 1. The molecule has 4 heterocycles. The van der Waals surface area contributed by atoms with Crippen LogP contribution in [-0.2, 0) is 20.6 Å². The summed E-state index contributed by atoms with van der Waals surface area (Å²) in [6.45, 7) is 1.76. The first-order chi connectivity index (χ1) is 15.8. The number of fused-ring (bicyclic) bond motifs is 1. The second-order valence-electron chi connectivity index (χ2n) is 8.05. The lowest BCUT2D eigenvalue weighted by atomic mass is 10.1. The van der Waals surface area contributed by atoms with Crippen LogP contribution in [0.5, 0.6) is 0 Å². The van der Waals surface area contributed by atoms with Gasteiger partial charge in [-0.3, -0.25) is 18.5 Å². The Kier molecular flexibility index (Phi) is 5.49. The van der Waals surface area contributed by atoms with Crippen molar-refractivity contribution in [2.24, 2.45) is 14.1 Å². The molecule has 0 radical (unpaired) electrons. The standard InChI is InChI=1S/C21H21Cl2N7O3/c1-27-17-16(19(31)28(2)21(27)32)30(20(24-17)29-8-4-3-5-9-29)11-15-25-26-18(33-15)12-6-7-13(22)14(23)10-12/h6-7,10H,3-5,8-9,11H2,1-2H3. The van der Waals surface area contributed by atoms with Crippen LogP contribution in [-0.4, -0.2) is 42.0 Å². The van der Waals surface area contributed by atoms with E-state index in [9.17, 15) is 9.59 Å². The number of benzene rings is 1. The van der Waals surface area contributed by atoms with Crippen molar-refractivity contribution >= 4 is 40.3 Å². The molecule has 3 aromatic heterocycles. The average molecular weight is 490 g/mol. The second kappa shape index (κ2) is 8.35. The predicted octanol–water partition coefficient (Wildman–Crippen LogP) is 2.83. The fourth-order valence-corrected chi connectivity index (χ4v) is 4.42. The number of imidazole rings is 1. The number of nitrogens with zero attached hydrogens (tertiary/aromatic N) is 7. The van der Waals surface area contributed by atoms with Gasteiger partial charge in [0.05, 0.1) is 10.0 Å². The van der Waals surface area contributed by atoms with Crippen LogP contribution in [0.2, 0.25) is 10.0 Å². The largest absolute Gasteiger partial charge is 0.419 e. The van der Waals surface area contributed by atoms with Gasteiger partial charge in [-0.15, -0.1) is 10.2 Å². The predicted molar refractivity (Wildman–Crippen MR) is 125 cm³/mol. The lowest BCUT2D eigenvalue weighted by Crippen LogP contribution is -2.37. The molecule has 1 aromatic carbocycles. The maximum atomic E-state index is 13.1. The minimum absolute atomic E-state index is 0.129. The van der Waals surface area contributed by atoms with Crippen LogP contribution in [0.15, 0.2) is 32.2 Å². The Morgan fingerprint density at radius 1 is 1.00 bits per heavy atom. The summed E-state index contributed by atoms with van der Waals surface area (Å²) in [4.78, 5) is 32.4. The van der Waals surface area contributed by atoms with Crippen LogP contribution in [0.25, 0.3) is 22.6 Å². The minimum atomic E-state index is -0.429. The van der Waals surface area contributed by atoms with Crippen LogP contribution in [0.1, 0.15) is 25.2 Å². The lowest BCUT2D eigenvalue weighted by Gasteiger charge is -2.27. The number of aromatic nitrogens is 6. The zero-order valence-corrected chi connectivity index (χ0v) is 19.6. The number of aryl methyl sites for hydroxylation is 1. The Morgan fingerprint density at radius 3 is 2.48 bits per heavy atom. The number of hydrogen-bond acceptors (Lipinski definition) is 7. The Balaban J connectivity index is 1.62. The van der Waals surface area contributed by atoms with Crippen molar-refractivity contribution in [1.29, 1.82) is 0 Å². The summed E-state index contributed by atoms with van der Waals surface area (Å²) >= 11 is 12.1. The van der Waals surface area contributed by atoms with Gasteiger partial charge in [-0.2, -0.15) is 4.98 Å². The van der Waals surface area contributed by atoms with Crippen molar-refractivity contribution in [1.82, 2.24) is 28.9 Å². The van der Waals surface area contributed by atoms with Crippen molar-refractivity contribution in [2.75, 3.05) is 18.0 Å². The Hall–Kier alpha value is -3.11. The van der Waals surface area contributed by atoms with Gasteiger partial charge >= 0.3 is 5.69 Å². The molecule has 172 valence electrons. The van der Waals surface area contributed by atoms with E-state index in [4.69, 9.17) is 32.6 Å². The van der Waals surface area contributed by atoms with Gasteiger partial charge in [-0.1, -0.05) is 23.2 Å². The molecule has 0 amide bonds. The van der Waals surface area contributed by atoms with Crippen LogP contribution in [0.4, 0.5) is 5.95 Å². The third kappa shape index (κ3) is 3.72. The summed E-state index contributed by atoms with van der Waals surface area (Å²) in [7, 11) is 3.06. The molecule has 0 bridgehead atoms. The molecule has 0 N–H and O–H groups in total. The van der Waals surface area contributed by atoms with Crippen LogP contribution < -0.4 is 16.1 Å². The summed E-state index contributed by atoms with van der Waals surface area (Å²) in [5.41, 5.74) is 0.422. The van der Waals surface area contributed by atoms with E-state index in [-0.39, 0.29) is 12.4 Å². The summed E-state index contributed by atoms with van der Waals surface area (Å²) in [5, 5.41) is 9.10. The van der Waals surface area contributed by atoms with E-state index in [0.717, 1.165) is 36.9 Å². The molecule has 33 heavy (non-hydrogen) atoms. The second-order valence-corrected chi connectivity index (χ2v) is 8.87. The van der Waals surface area contributed by atoms with Crippen molar-refractivity contribution < 1.29 is 4.42 Å². The van der Waals surface area contributed by atoms with Crippen LogP contribution in [0.3, 0.4) is 0 Å². The molecular formula is C21H21Cl2N7O3. The molecule has 0 unspecified atom stereocenters. The van der Waals surface area contributed by atoms with Crippen molar-refractivity contribution in [3.05, 3.63) is 55.0 Å². The Morgan fingerprint density at radius 2 is 1.76 bits per heavy atom. The average Bonchev–Trinajstić information content (AvgIpc) is 3.44. The van der Waals surface area contributed by atoms with E-state index in [1.165, 1.54) is 11.6 Å². The van der Waals surface area contributed by atoms with E-state index in [1.54, 1.807) is 29.8 Å². The first-order valence-corrected chi connectivity index (χ1v) is 11.3. The van der Waals surface area contributed by atoms with E-state index in [2.05, 4.69) is 15.1 Å². The van der Waals surface area contributed by atoms with Gasteiger partial charge in [-0.25, -0.2) is 4.79 Å². The van der Waals surface area contributed by atoms with Gasteiger partial charge in [0, 0.05) is 32.7 Å². The summed E-state index contributed by atoms with van der Waals surface area (Å²) < 4.78 is 10.1. The van der Waals surface area contributed by atoms with E-state index >= 15 is 0 Å². The third-order valence-corrected chi connectivity index (χ3v) is 6.63. The summed E-state index contributed by atoms with van der Waals surface area (Å²) in [6, 6.07) is 5.05. The molecule has 1 aliphatic rings. The minimum Gasteiger partial charge on any atom is -0.419 e. The molecular weight excluding hydrogens is 469 g/mol. The number of halogens is 2. The van der Waals surface area contributed by atoms with Crippen molar-refractivity contribution in [3.63, 3.8) is 0 Å². The van der Waals surface area contributed by atoms with Crippen LogP contribution >= 0.6 is 23.2 Å². The Labute approximate surface area is 198 Å². The molecule has 10 nitrogen and oxygen atoms in total. The monoisotopic (exact) mass is 489 g/mol. The molecule has 4 aromatic rings. The highest BCUT2D eigenvalue weighted by Gasteiger charge is 2.25. The zero-order chi connectivity index (χ0) is 23.3. The van der Waals surface area contributed by atoms with E-state index in [0.29, 0.717) is 38.6 Å². The highest BCUT2D eigenvalue weighted by atomic mass is 35.5. The van der Waals surface area contributed by atoms with Gasteiger partial charge in [-0.05, 0) is 37.5 Å². The maximum Gasteiger partial charge on any atom is 0.332 e. The highest BCUT2D eigenvalue weighted by molar-refractivity contribution is 6.42. The molecule has 0 atom stereocenters. The molecule has 12 heteroatoms.